The van der Waals surface area contributed by atoms with Crippen LogP contribution in [0.25, 0.3) is 0 Å². The third kappa shape index (κ3) is 2.68. The number of nitrogens with two attached hydrogens (primary N) is 1. The highest BCUT2D eigenvalue weighted by atomic mass is 79.9. The van der Waals surface area contributed by atoms with E-state index in [0.717, 1.165) is 11.5 Å². The maximum atomic E-state index is 12.6. The average Bonchev–Trinajstić information content (AvgIpc) is 2.28. The number of sulfonamides is 1. The molecule has 1 aliphatic rings. The van der Waals surface area contributed by atoms with Crippen LogP contribution >= 0.6 is 27.7 Å². The van der Waals surface area contributed by atoms with Crippen LogP contribution in [0, 0.1) is 0 Å². The second kappa shape index (κ2) is 5.40. The van der Waals surface area contributed by atoms with Crippen molar-refractivity contribution >= 4 is 43.4 Å². The Morgan fingerprint density at radius 1 is 1.50 bits per heavy atom. The molecule has 18 heavy (non-hydrogen) atoms. The Morgan fingerprint density at radius 2 is 2.22 bits per heavy atom. The van der Waals surface area contributed by atoms with Crippen LogP contribution in [-0.4, -0.2) is 36.8 Å². The summed E-state index contributed by atoms with van der Waals surface area (Å²) in [5.74, 6) is 1.68. The van der Waals surface area contributed by atoms with E-state index in [1.54, 1.807) is 34.3 Å². The lowest BCUT2D eigenvalue weighted by Gasteiger charge is -2.32. The van der Waals surface area contributed by atoms with E-state index in [4.69, 9.17) is 5.73 Å². The van der Waals surface area contributed by atoms with Crippen LogP contribution in [0.15, 0.2) is 27.6 Å². The molecule has 1 fully saturated rings. The Balaban J connectivity index is 2.41. The topological polar surface area (TPSA) is 63.4 Å². The van der Waals surface area contributed by atoms with E-state index >= 15 is 0 Å². The van der Waals surface area contributed by atoms with E-state index in [1.165, 1.54) is 0 Å². The van der Waals surface area contributed by atoms with E-state index in [9.17, 15) is 8.42 Å². The highest BCUT2D eigenvalue weighted by Crippen LogP contribution is 2.30. The van der Waals surface area contributed by atoms with Gasteiger partial charge < -0.3 is 5.73 Å². The standard InChI is InChI=1S/C11H15BrN2O2S2/c1-8-7-17-5-4-14(8)18(15,16)11-3-2-9(13)6-10(11)12/h2-3,6,8H,4-5,7,13H2,1H3. The summed E-state index contributed by atoms with van der Waals surface area (Å²) in [6.07, 6.45) is 0. The molecule has 0 aromatic heterocycles. The van der Waals surface area contributed by atoms with Gasteiger partial charge in [0.1, 0.15) is 0 Å². The van der Waals surface area contributed by atoms with Crippen molar-refractivity contribution in [2.45, 2.75) is 17.9 Å². The second-order valence-electron chi connectivity index (χ2n) is 4.23. The molecule has 4 nitrogen and oxygen atoms in total. The van der Waals surface area contributed by atoms with Gasteiger partial charge in [-0.1, -0.05) is 0 Å². The van der Waals surface area contributed by atoms with Gasteiger partial charge in [-0.2, -0.15) is 16.1 Å². The Hall–Kier alpha value is -0.240. The van der Waals surface area contributed by atoms with Gasteiger partial charge in [0.2, 0.25) is 10.0 Å². The molecule has 0 radical (unpaired) electrons. The smallest absolute Gasteiger partial charge is 0.244 e. The molecule has 1 atom stereocenters. The van der Waals surface area contributed by atoms with Gasteiger partial charge in [-0.15, -0.1) is 0 Å². The lowest BCUT2D eigenvalue weighted by atomic mass is 10.3. The quantitative estimate of drug-likeness (QED) is 0.830. The molecule has 0 saturated carbocycles. The third-order valence-corrected chi connectivity index (χ3v) is 7.03. The number of hydrogen-bond acceptors (Lipinski definition) is 4. The first-order valence-electron chi connectivity index (χ1n) is 5.57. The Labute approximate surface area is 120 Å². The van der Waals surface area contributed by atoms with Gasteiger partial charge in [0, 0.05) is 34.3 Å². The van der Waals surface area contributed by atoms with Crippen molar-refractivity contribution in [3.63, 3.8) is 0 Å². The summed E-state index contributed by atoms with van der Waals surface area (Å²) >= 11 is 5.07. The Kier molecular flexibility index (Phi) is 4.25. The van der Waals surface area contributed by atoms with Gasteiger partial charge in [0.25, 0.3) is 0 Å². The van der Waals surface area contributed by atoms with Gasteiger partial charge >= 0.3 is 0 Å². The Bertz CT molecular complexity index is 548. The summed E-state index contributed by atoms with van der Waals surface area (Å²) in [5.41, 5.74) is 6.18. The first kappa shape index (κ1) is 14.2. The van der Waals surface area contributed by atoms with Gasteiger partial charge in [-0.05, 0) is 41.1 Å². The Morgan fingerprint density at radius 3 is 2.83 bits per heavy atom. The van der Waals surface area contributed by atoms with Gasteiger partial charge in [0.05, 0.1) is 4.90 Å². The predicted molar refractivity (Wildman–Crippen MR) is 79.2 cm³/mol. The number of thioether (sulfide) groups is 1. The monoisotopic (exact) mass is 350 g/mol. The zero-order chi connectivity index (χ0) is 13.3. The van der Waals surface area contributed by atoms with Crippen molar-refractivity contribution < 1.29 is 8.42 Å². The second-order valence-corrected chi connectivity index (χ2v) is 8.09. The summed E-state index contributed by atoms with van der Waals surface area (Å²) in [6, 6.07) is 4.82. The fourth-order valence-electron chi connectivity index (χ4n) is 1.92. The van der Waals surface area contributed by atoms with Crippen LogP contribution in [0.5, 0.6) is 0 Å². The highest BCUT2D eigenvalue weighted by molar-refractivity contribution is 9.10. The maximum absolute atomic E-state index is 12.6. The number of nitrogens with zero attached hydrogens (tertiary/aromatic N) is 1. The molecule has 7 heteroatoms. The van der Waals surface area contributed by atoms with Crippen molar-refractivity contribution in [1.82, 2.24) is 4.31 Å². The van der Waals surface area contributed by atoms with E-state index in [1.807, 2.05) is 6.92 Å². The minimum absolute atomic E-state index is 0.0261. The molecular formula is C11H15BrN2O2S2. The number of benzene rings is 1. The molecule has 1 aromatic rings. The SMILES string of the molecule is CC1CSCCN1S(=O)(=O)c1ccc(N)cc1Br. The zero-order valence-corrected chi connectivity index (χ0v) is 13.2. The number of hydrogen-bond donors (Lipinski definition) is 1. The van der Waals surface area contributed by atoms with Crippen LogP contribution in [0.1, 0.15) is 6.92 Å². The van der Waals surface area contributed by atoms with Crippen molar-refractivity contribution in [3.05, 3.63) is 22.7 Å². The van der Waals surface area contributed by atoms with E-state index in [-0.39, 0.29) is 10.9 Å². The molecule has 1 heterocycles. The van der Waals surface area contributed by atoms with E-state index in [0.29, 0.717) is 16.7 Å². The van der Waals surface area contributed by atoms with Crippen LogP contribution in [0.4, 0.5) is 5.69 Å². The summed E-state index contributed by atoms with van der Waals surface area (Å²) in [5, 5.41) is 0. The van der Waals surface area contributed by atoms with Gasteiger partial charge in [0.15, 0.2) is 0 Å². The van der Waals surface area contributed by atoms with Gasteiger partial charge in [-0.25, -0.2) is 8.42 Å². The van der Waals surface area contributed by atoms with Crippen LogP contribution < -0.4 is 5.73 Å². The third-order valence-electron chi connectivity index (χ3n) is 2.85. The summed E-state index contributed by atoms with van der Waals surface area (Å²) < 4.78 is 27.2. The lowest BCUT2D eigenvalue weighted by Crippen LogP contribution is -2.44. The van der Waals surface area contributed by atoms with Crippen LogP contribution in [-0.2, 0) is 10.0 Å². The van der Waals surface area contributed by atoms with Crippen molar-refractivity contribution in [2.75, 3.05) is 23.8 Å². The number of nitrogen functional groups attached to an aromatic ring is 1. The summed E-state index contributed by atoms with van der Waals surface area (Å²) in [6.45, 7) is 2.50. The number of rotatable bonds is 2. The molecule has 1 aromatic carbocycles. The lowest BCUT2D eigenvalue weighted by molar-refractivity contribution is 0.367. The molecule has 0 aliphatic carbocycles. The van der Waals surface area contributed by atoms with E-state index < -0.39 is 10.0 Å². The maximum Gasteiger partial charge on any atom is 0.244 e. The predicted octanol–water partition coefficient (Wildman–Crippen LogP) is 2.16. The van der Waals surface area contributed by atoms with E-state index in [2.05, 4.69) is 15.9 Å². The molecule has 1 aliphatic heterocycles. The minimum Gasteiger partial charge on any atom is -0.399 e. The molecule has 0 amide bonds. The first-order chi connectivity index (χ1) is 8.43. The van der Waals surface area contributed by atoms with Crippen LogP contribution in [0.3, 0.4) is 0 Å². The van der Waals surface area contributed by atoms with Crippen LogP contribution in [0.2, 0.25) is 0 Å². The fraction of sp³-hybridized carbons (Fsp3) is 0.455. The normalized spacial score (nSPS) is 22.0. The molecular weight excluding hydrogens is 336 g/mol. The molecule has 2 N–H and O–H groups in total. The molecule has 1 unspecified atom stereocenters. The molecule has 2 rings (SSSR count). The molecule has 0 spiro atoms. The first-order valence-corrected chi connectivity index (χ1v) is 8.96. The summed E-state index contributed by atoms with van der Waals surface area (Å²) in [4.78, 5) is 0.287. The fourth-order valence-corrected chi connectivity index (χ4v) is 5.83. The number of anilines is 1. The number of halogens is 1. The van der Waals surface area contributed by atoms with Crippen molar-refractivity contribution in [2.24, 2.45) is 0 Å². The molecule has 100 valence electrons. The van der Waals surface area contributed by atoms with Gasteiger partial charge in [-0.3, -0.25) is 0 Å². The average molecular weight is 351 g/mol. The zero-order valence-electron chi connectivity index (χ0n) is 9.97. The minimum atomic E-state index is -3.44. The highest BCUT2D eigenvalue weighted by Gasteiger charge is 2.32. The summed E-state index contributed by atoms with van der Waals surface area (Å²) in [7, 11) is -3.44. The van der Waals surface area contributed by atoms with Crippen molar-refractivity contribution in [3.8, 4) is 0 Å². The van der Waals surface area contributed by atoms with Crippen molar-refractivity contribution in [1.29, 1.82) is 0 Å². The molecule has 1 saturated heterocycles. The molecule has 0 bridgehead atoms. The largest absolute Gasteiger partial charge is 0.399 e.